The molecule has 0 aliphatic heterocycles. The summed E-state index contributed by atoms with van der Waals surface area (Å²) in [7, 11) is 6.85. The average Bonchev–Trinajstić information content (AvgIpc) is 2.65. The van der Waals surface area contributed by atoms with E-state index in [1.54, 1.807) is 43.6 Å². The number of aryl methyl sites for hydroxylation is 1. The maximum Gasteiger partial charge on any atom is 0.268 e. The van der Waals surface area contributed by atoms with Gasteiger partial charge in [-0.15, -0.1) is 0 Å². The number of aromatic nitrogens is 2. The molecule has 0 radical (unpaired) electrons. The Morgan fingerprint density at radius 3 is 2.50 bits per heavy atom. The van der Waals surface area contributed by atoms with Crippen LogP contribution in [0.3, 0.4) is 0 Å². The fourth-order valence-corrected chi connectivity index (χ4v) is 2.81. The van der Waals surface area contributed by atoms with Crippen LogP contribution in [0.5, 0.6) is 5.75 Å². The van der Waals surface area contributed by atoms with Gasteiger partial charge in [-0.25, -0.2) is 4.98 Å². The van der Waals surface area contributed by atoms with Gasteiger partial charge in [0.1, 0.15) is 17.1 Å². The van der Waals surface area contributed by atoms with Crippen molar-refractivity contribution < 1.29 is 9.90 Å². The number of carbonyl (C=O) groups excluding carboxylic acids is 1. The third-order valence-electron chi connectivity index (χ3n) is 4.38. The van der Waals surface area contributed by atoms with Crippen molar-refractivity contribution in [1.82, 2.24) is 9.55 Å². The standard InChI is InChI=1S/C19H20N4O3/c1-21(2)12-8-9-14-13(11-12)17(24)16(18(25)22(14)3)19(26)23(4)15-7-5-6-10-20-15/h5-11,24H,1-4H3. The van der Waals surface area contributed by atoms with Crippen LogP contribution >= 0.6 is 0 Å². The Kier molecular flexibility index (Phi) is 4.38. The molecule has 0 saturated carbocycles. The van der Waals surface area contributed by atoms with Crippen molar-refractivity contribution in [3.8, 4) is 5.75 Å². The maximum atomic E-state index is 12.9. The second kappa shape index (κ2) is 6.51. The molecule has 1 amide bonds. The van der Waals surface area contributed by atoms with Gasteiger partial charge in [0.25, 0.3) is 11.5 Å². The number of fused-ring (bicyclic) bond motifs is 1. The smallest absolute Gasteiger partial charge is 0.268 e. The summed E-state index contributed by atoms with van der Waals surface area (Å²) in [5.74, 6) is -0.542. The summed E-state index contributed by atoms with van der Waals surface area (Å²) in [5, 5.41) is 11.2. The van der Waals surface area contributed by atoms with Gasteiger partial charge in [0.15, 0.2) is 0 Å². The Morgan fingerprint density at radius 2 is 1.88 bits per heavy atom. The van der Waals surface area contributed by atoms with Gasteiger partial charge in [0, 0.05) is 45.5 Å². The van der Waals surface area contributed by atoms with Crippen LogP contribution in [0.4, 0.5) is 11.5 Å². The molecule has 2 heterocycles. The van der Waals surface area contributed by atoms with E-state index in [1.807, 2.05) is 25.1 Å². The Labute approximate surface area is 150 Å². The van der Waals surface area contributed by atoms with Crippen LogP contribution in [0.1, 0.15) is 10.4 Å². The van der Waals surface area contributed by atoms with E-state index in [4.69, 9.17) is 0 Å². The van der Waals surface area contributed by atoms with Crippen LogP contribution in [0.25, 0.3) is 10.9 Å². The fourth-order valence-electron chi connectivity index (χ4n) is 2.81. The molecule has 0 atom stereocenters. The molecule has 7 heteroatoms. The lowest BCUT2D eigenvalue weighted by atomic mass is 10.1. The fraction of sp³-hybridized carbons (Fsp3) is 0.211. The Morgan fingerprint density at radius 1 is 1.15 bits per heavy atom. The summed E-state index contributed by atoms with van der Waals surface area (Å²) < 4.78 is 1.37. The minimum Gasteiger partial charge on any atom is -0.506 e. The van der Waals surface area contributed by atoms with Crippen LogP contribution < -0.4 is 15.4 Å². The predicted molar refractivity (Wildman–Crippen MR) is 102 cm³/mol. The van der Waals surface area contributed by atoms with Crippen molar-refractivity contribution >= 4 is 28.3 Å². The van der Waals surface area contributed by atoms with Crippen LogP contribution in [0.2, 0.25) is 0 Å². The number of hydrogen-bond donors (Lipinski definition) is 1. The lowest BCUT2D eigenvalue weighted by Gasteiger charge is -2.19. The Hall–Kier alpha value is -3.35. The summed E-state index contributed by atoms with van der Waals surface area (Å²) in [4.78, 5) is 32.9. The van der Waals surface area contributed by atoms with E-state index in [9.17, 15) is 14.7 Å². The van der Waals surface area contributed by atoms with E-state index in [0.717, 1.165) is 5.69 Å². The molecule has 1 N–H and O–H groups in total. The summed E-state index contributed by atoms with van der Waals surface area (Å²) in [5.41, 5.74) is 0.572. The zero-order valence-corrected chi connectivity index (χ0v) is 15.1. The summed E-state index contributed by atoms with van der Waals surface area (Å²) in [6.07, 6.45) is 1.56. The summed E-state index contributed by atoms with van der Waals surface area (Å²) in [6.45, 7) is 0. The molecule has 1 aromatic carbocycles. The normalized spacial score (nSPS) is 10.8. The number of benzene rings is 1. The van der Waals surface area contributed by atoms with E-state index < -0.39 is 11.5 Å². The quantitative estimate of drug-likeness (QED) is 0.780. The highest BCUT2D eigenvalue weighted by molar-refractivity contribution is 6.10. The number of nitrogens with zero attached hydrogens (tertiary/aromatic N) is 4. The number of hydrogen-bond acceptors (Lipinski definition) is 5. The molecular weight excluding hydrogens is 332 g/mol. The first-order valence-corrected chi connectivity index (χ1v) is 8.05. The first-order chi connectivity index (χ1) is 12.3. The molecular formula is C19H20N4O3. The van der Waals surface area contributed by atoms with E-state index in [0.29, 0.717) is 16.7 Å². The van der Waals surface area contributed by atoms with Gasteiger partial charge in [-0.1, -0.05) is 6.07 Å². The van der Waals surface area contributed by atoms with Crippen molar-refractivity contribution in [3.63, 3.8) is 0 Å². The average molecular weight is 352 g/mol. The van der Waals surface area contributed by atoms with Gasteiger partial charge >= 0.3 is 0 Å². The highest BCUT2D eigenvalue weighted by Gasteiger charge is 2.25. The molecule has 0 fully saturated rings. The van der Waals surface area contributed by atoms with Gasteiger partial charge in [0.2, 0.25) is 0 Å². The second-order valence-corrected chi connectivity index (χ2v) is 6.24. The summed E-state index contributed by atoms with van der Waals surface area (Å²) >= 11 is 0. The van der Waals surface area contributed by atoms with E-state index >= 15 is 0 Å². The topological polar surface area (TPSA) is 78.7 Å². The van der Waals surface area contributed by atoms with Crippen LogP contribution in [0.15, 0.2) is 47.4 Å². The Balaban J connectivity index is 2.22. The van der Waals surface area contributed by atoms with E-state index in [2.05, 4.69) is 4.98 Å². The molecule has 0 bridgehead atoms. The number of anilines is 2. The highest BCUT2D eigenvalue weighted by atomic mass is 16.3. The van der Waals surface area contributed by atoms with Crippen LogP contribution in [-0.2, 0) is 7.05 Å². The van der Waals surface area contributed by atoms with Crippen molar-refractivity contribution in [3.05, 3.63) is 58.5 Å². The lowest BCUT2D eigenvalue weighted by molar-refractivity contribution is 0.0988. The van der Waals surface area contributed by atoms with Crippen molar-refractivity contribution in [1.29, 1.82) is 0 Å². The SMILES string of the molecule is CN(C)c1ccc2c(c1)c(O)c(C(=O)N(C)c1ccccn1)c(=O)n2C. The molecule has 3 rings (SSSR count). The molecule has 0 aliphatic carbocycles. The van der Waals surface area contributed by atoms with Gasteiger partial charge in [-0.3, -0.25) is 14.5 Å². The van der Waals surface area contributed by atoms with Crippen molar-refractivity contribution in [2.45, 2.75) is 0 Å². The predicted octanol–water partition coefficient (Wildman–Crippen LogP) is 1.98. The highest BCUT2D eigenvalue weighted by Crippen LogP contribution is 2.30. The maximum absolute atomic E-state index is 12.9. The number of carbonyl (C=O) groups is 1. The molecule has 26 heavy (non-hydrogen) atoms. The monoisotopic (exact) mass is 352 g/mol. The summed E-state index contributed by atoms with van der Waals surface area (Å²) in [6, 6.07) is 10.5. The molecule has 0 spiro atoms. The molecule has 134 valence electrons. The van der Waals surface area contributed by atoms with E-state index in [1.165, 1.54) is 16.5 Å². The molecule has 0 saturated heterocycles. The number of aromatic hydroxyl groups is 1. The van der Waals surface area contributed by atoms with Gasteiger partial charge in [0.05, 0.1) is 5.52 Å². The number of rotatable bonds is 3. The van der Waals surface area contributed by atoms with Gasteiger partial charge in [-0.05, 0) is 30.3 Å². The largest absolute Gasteiger partial charge is 0.506 e. The second-order valence-electron chi connectivity index (χ2n) is 6.24. The Bertz CT molecular complexity index is 1040. The van der Waals surface area contributed by atoms with E-state index in [-0.39, 0.29) is 11.3 Å². The first kappa shape index (κ1) is 17.5. The number of amides is 1. The molecule has 3 aromatic rings. The van der Waals surface area contributed by atoms with Crippen molar-refractivity contribution in [2.75, 3.05) is 30.9 Å². The van der Waals surface area contributed by atoms with Crippen LogP contribution in [0, 0.1) is 0 Å². The third-order valence-corrected chi connectivity index (χ3v) is 4.38. The zero-order chi connectivity index (χ0) is 19.0. The van der Waals surface area contributed by atoms with Crippen LogP contribution in [-0.4, -0.2) is 41.7 Å². The van der Waals surface area contributed by atoms with Gasteiger partial charge in [-0.2, -0.15) is 0 Å². The third kappa shape index (κ3) is 2.77. The molecule has 0 aliphatic rings. The minimum absolute atomic E-state index is 0.274. The lowest BCUT2D eigenvalue weighted by Crippen LogP contribution is -2.34. The molecule has 7 nitrogen and oxygen atoms in total. The zero-order valence-electron chi connectivity index (χ0n) is 15.1. The molecule has 2 aromatic heterocycles. The minimum atomic E-state index is -0.612. The number of pyridine rings is 2. The van der Waals surface area contributed by atoms with Gasteiger partial charge < -0.3 is 14.6 Å². The van der Waals surface area contributed by atoms with Crippen molar-refractivity contribution in [2.24, 2.45) is 7.05 Å². The first-order valence-electron chi connectivity index (χ1n) is 8.05. The molecule has 0 unspecified atom stereocenters.